The summed E-state index contributed by atoms with van der Waals surface area (Å²) in [5.74, 6) is -0.223. The van der Waals surface area contributed by atoms with Crippen LogP contribution in [0.15, 0.2) is 58.6 Å². The molecule has 28 heavy (non-hydrogen) atoms. The number of piperazine rings is 1. The Morgan fingerprint density at radius 2 is 1.79 bits per heavy atom. The molecule has 1 fully saturated rings. The summed E-state index contributed by atoms with van der Waals surface area (Å²) in [4.78, 5) is 31.1. The Hall–Kier alpha value is -2.48. The van der Waals surface area contributed by atoms with Crippen molar-refractivity contribution >= 4 is 40.2 Å². The summed E-state index contributed by atoms with van der Waals surface area (Å²) in [7, 11) is 0. The van der Waals surface area contributed by atoms with Crippen molar-refractivity contribution in [3.05, 3.63) is 74.6 Å². The fraction of sp³-hybridized carbons (Fsp3) is 0.238. The first kappa shape index (κ1) is 18.9. The molecule has 2 aromatic heterocycles. The summed E-state index contributed by atoms with van der Waals surface area (Å²) in [6.07, 6.45) is 0. The number of anilines is 1. The number of hydrogen-bond acceptors (Lipinski definition) is 5. The van der Waals surface area contributed by atoms with Crippen LogP contribution >= 0.6 is 22.7 Å². The third-order valence-corrected chi connectivity index (χ3v) is 6.35. The van der Waals surface area contributed by atoms with E-state index in [1.165, 1.54) is 16.2 Å². The van der Waals surface area contributed by atoms with Crippen molar-refractivity contribution in [3.63, 3.8) is 0 Å². The first-order valence-corrected chi connectivity index (χ1v) is 11.0. The molecule has 3 aromatic rings. The van der Waals surface area contributed by atoms with Crippen molar-refractivity contribution in [2.24, 2.45) is 0 Å². The minimum absolute atomic E-state index is 0.0306. The number of hydrogen-bond donors (Lipinski definition) is 1. The molecule has 0 bridgehead atoms. The molecule has 7 heteroatoms. The number of nitrogens with zero attached hydrogens (tertiary/aromatic N) is 2. The lowest BCUT2D eigenvalue weighted by Gasteiger charge is -2.34. The number of amides is 2. The average molecular weight is 412 g/mol. The van der Waals surface area contributed by atoms with Crippen LogP contribution in [0.4, 0.5) is 5.69 Å². The lowest BCUT2D eigenvalue weighted by molar-refractivity contribution is 0.0630. The number of rotatable bonds is 5. The van der Waals surface area contributed by atoms with Crippen molar-refractivity contribution in [3.8, 4) is 0 Å². The molecule has 1 saturated heterocycles. The Bertz CT molecular complexity index is 930. The van der Waals surface area contributed by atoms with Crippen LogP contribution in [0.1, 0.15) is 25.6 Å². The van der Waals surface area contributed by atoms with E-state index < -0.39 is 0 Å². The highest BCUT2D eigenvalue weighted by atomic mass is 32.1. The first-order chi connectivity index (χ1) is 13.7. The van der Waals surface area contributed by atoms with Gasteiger partial charge in [-0.15, -0.1) is 11.3 Å². The smallest absolute Gasteiger partial charge is 0.256 e. The maximum Gasteiger partial charge on any atom is 0.256 e. The molecule has 0 atom stereocenters. The zero-order valence-corrected chi connectivity index (χ0v) is 17.0. The summed E-state index contributed by atoms with van der Waals surface area (Å²) in [6, 6.07) is 13.2. The number of para-hydroxylation sites is 1. The van der Waals surface area contributed by atoms with Crippen LogP contribution in [0.25, 0.3) is 0 Å². The van der Waals surface area contributed by atoms with Crippen LogP contribution in [0.2, 0.25) is 0 Å². The summed E-state index contributed by atoms with van der Waals surface area (Å²) < 4.78 is 0. The minimum Gasteiger partial charge on any atom is -0.336 e. The zero-order valence-electron chi connectivity index (χ0n) is 15.3. The summed E-state index contributed by atoms with van der Waals surface area (Å²) in [5.41, 5.74) is 1.71. The van der Waals surface area contributed by atoms with E-state index in [4.69, 9.17) is 0 Å². The fourth-order valence-electron chi connectivity index (χ4n) is 3.27. The van der Waals surface area contributed by atoms with Gasteiger partial charge in [0.05, 0.1) is 16.8 Å². The monoisotopic (exact) mass is 411 g/mol. The normalized spacial score (nSPS) is 14.8. The Morgan fingerprint density at radius 1 is 0.964 bits per heavy atom. The molecule has 0 saturated carbocycles. The molecule has 1 N–H and O–H groups in total. The topological polar surface area (TPSA) is 52.7 Å². The predicted molar refractivity (Wildman–Crippen MR) is 114 cm³/mol. The van der Waals surface area contributed by atoms with Gasteiger partial charge in [0.2, 0.25) is 0 Å². The number of nitrogens with one attached hydrogen (secondary N) is 1. The third kappa shape index (κ3) is 4.32. The van der Waals surface area contributed by atoms with Crippen LogP contribution in [-0.4, -0.2) is 47.8 Å². The van der Waals surface area contributed by atoms with E-state index in [2.05, 4.69) is 27.7 Å². The third-order valence-electron chi connectivity index (χ3n) is 4.81. The SMILES string of the molecule is O=C(Nc1ccccc1C(=O)N1CCN(Cc2cccs2)CC1)c1ccsc1. The molecule has 1 aliphatic rings. The molecule has 0 spiro atoms. The molecule has 4 rings (SSSR count). The van der Waals surface area contributed by atoms with Gasteiger partial charge in [-0.05, 0) is 35.0 Å². The second kappa shape index (κ2) is 8.68. The van der Waals surface area contributed by atoms with Crippen molar-refractivity contribution in [2.45, 2.75) is 6.54 Å². The quantitative estimate of drug-likeness (QED) is 0.690. The standard InChI is InChI=1S/C21H21N3O2S2/c25-20(16-7-13-27-15-16)22-19-6-2-1-5-18(19)21(26)24-10-8-23(9-11-24)14-17-4-3-12-28-17/h1-7,12-13,15H,8-11,14H2,(H,22,25). The Labute approximate surface area is 172 Å². The average Bonchev–Trinajstić information content (AvgIpc) is 3.43. The highest BCUT2D eigenvalue weighted by Gasteiger charge is 2.24. The van der Waals surface area contributed by atoms with Gasteiger partial charge in [-0.3, -0.25) is 14.5 Å². The molecular weight excluding hydrogens is 390 g/mol. The first-order valence-electron chi connectivity index (χ1n) is 9.17. The molecule has 1 aromatic carbocycles. The maximum atomic E-state index is 13.1. The second-order valence-electron chi connectivity index (χ2n) is 6.66. The van der Waals surface area contributed by atoms with E-state index >= 15 is 0 Å². The predicted octanol–water partition coefficient (Wildman–Crippen LogP) is 4.02. The molecule has 0 aliphatic carbocycles. The lowest BCUT2D eigenvalue weighted by atomic mass is 10.1. The number of benzene rings is 1. The van der Waals surface area contributed by atoms with Crippen molar-refractivity contribution < 1.29 is 9.59 Å². The van der Waals surface area contributed by atoms with Gasteiger partial charge in [0.1, 0.15) is 0 Å². The van der Waals surface area contributed by atoms with Crippen molar-refractivity contribution in [1.29, 1.82) is 0 Å². The van der Waals surface area contributed by atoms with Gasteiger partial charge in [-0.25, -0.2) is 0 Å². The molecule has 0 radical (unpaired) electrons. The Kier molecular flexibility index (Phi) is 5.85. The zero-order chi connectivity index (χ0) is 19.3. The molecule has 0 unspecified atom stereocenters. The van der Waals surface area contributed by atoms with Crippen molar-refractivity contribution in [2.75, 3.05) is 31.5 Å². The van der Waals surface area contributed by atoms with Crippen LogP contribution in [-0.2, 0) is 6.54 Å². The molecular formula is C21H21N3O2S2. The minimum atomic E-state index is -0.192. The van der Waals surface area contributed by atoms with Gasteiger partial charge in [-0.2, -0.15) is 11.3 Å². The van der Waals surface area contributed by atoms with Gasteiger partial charge in [0.15, 0.2) is 0 Å². The van der Waals surface area contributed by atoms with Gasteiger partial charge >= 0.3 is 0 Å². The Balaban J connectivity index is 1.40. The lowest BCUT2D eigenvalue weighted by Crippen LogP contribution is -2.48. The molecule has 3 heterocycles. The molecule has 2 amide bonds. The van der Waals surface area contributed by atoms with Gasteiger partial charge in [0, 0.05) is 43.0 Å². The van der Waals surface area contributed by atoms with E-state index in [0.717, 1.165) is 19.6 Å². The van der Waals surface area contributed by atoms with Crippen LogP contribution in [0.5, 0.6) is 0 Å². The summed E-state index contributed by atoms with van der Waals surface area (Å²) >= 11 is 3.24. The van der Waals surface area contributed by atoms with Crippen LogP contribution in [0.3, 0.4) is 0 Å². The van der Waals surface area contributed by atoms with Gasteiger partial charge in [-0.1, -0.05) is 18.2 Å². The number of carbonyl (C=O) groups excluding carboxylic acids is 2. The fourth-order valence-corrected chi connectivity index (χ4v) is 4.65. The van der Waals surface area contributed by atoms with Crippen LogP contribution < -0.4 is 5.32 Å². The van der Waals surface area contributed by atoms with Gasteiger partial charge < -0.3 is 10.2 Å². The maximum absolute atomic E-state index is 13.1. The Morgan fingerprint density at radius 3 is 2.50 bits per heavy atom. The van der Waals surface area contributed by atoms with Crippen molar-refractivity contribution in [1.82, 2.24) is 9.80 Å². The number of carbonyl (C=O) groups is 2. The highest BCUT2D eigenvalue weighted by Crippen LogP contribution is 2.21. The molecule has 5 nitrogen and oxygen atoms in total. The highest BCUT2D eigenvalue weighted by molar-refractivity contribution is 7.09. The van der Waals surface area contributed by atoms with E-state index in [1.807, 2.05) is 22.4 Å². The van der Waals surface area contributed by atoms with E-state index in [0.29, 0.717) is 29.9 Å². The summed E-state index contributed by atoms with van der Waals surface area (Å²) in [5, 5.41) is 8.64. The van der Waals surface area contributed by atoms with Gasteiger partial charge in [0.25, 0.3) is 11.8 Å². The van der Waals surface area contributed by atoms with E-state index in [1.54, 1.807) is 34.9 Å². The largest absolute Gasteiger partial charge is 0.336 e. The second-order valence-corrected chi connectivity index (χ2v) is 8.47. The molecule has 1 aliphatic heterocycles. The molecule has 144 valence electrons. The van der Waals surface area contributed by atoms with E-state index in [-0.39, 0.29) is 11.8 Å². The number of thiophene rings is 2. The van der Waals surface area contributed by atoms with Crippen LogP contribution in [0, 0.1) is 0 Å². The van der Waals surface area contributed by atoms with E-state index in [9.17, 15) is 9.59 Å². The summed E-state index contributed by atoms with van der Waals surface area (Å²) in [6.45, 7) is 4.03.